The van der Waals surface area contributed by atoms with Gasteiger partial charge in [0.15, 0.2) is 0 Å². The summed E-state index contributed by atoms with van der Waals surface area (Å²) in [5.41, 5.74) is 5.89. The number of nitrogens with zero attached hydrogens (tertiary/aromatic N) is 3. The Morgan fingerprint density at radius 2 is 1.87 bits per heavy atom. The monoisotopic (exact) mass is 421 g/mol. The van der Waals surface area contributed by atoms with E-state index in [2.05, 4.69) is 15.3 Å². The molecule has 0 aromatic carbocycles. The summed E-state index contributed by atoms with van der Waals surface area (Å²) in [6.45, 7) is 2.27. The summed E-state index contributed by atoms with van der Waals surface area (Å²) in [4.78, 5) is 19.3. The average Bonchev–Trinajstić information content (AvgIpc) is 3.46. The van der Waals surface area contributed by atoms with E-state index in [0.29, 0.717) is 23.7 Å². The van der Waals surface area contributed by atoms with Crippen molar-refractivity contribution < 1.29 is 23.4 Å². The molecule has 2 amide bonds. The van der Waals surface area contributed by atoms with Crippen LogP contribution in [0.25, 0.3) is 11.0 Å². The first kappa shape index (κ1) is 20.6. The average molecular weight is 421 g/mol. The van der Waals surface area contributed by atoms with Gasteiger partial charge in [-0.15, -0.1) is 0 Å². The zero-order valence-electron chi connectivity index (χ0n) is 17.3. The lowest BCUT2D eigenvalue weighted by atomic mass is 9.95. The molecule has 0 saturated heterocycles. The van der Waals surface area contributed by atoms with Crippen LogP contribution < -0.4 is 20.5 Å². The van der Waals surface area contributed by atoms with E-state index >= 15 is 0 Å². The maximum atomic E-state index is 14.8. The molecule has 2 aliphatic carbocycles. The molecule has 2 aliphatic rings. The number of pyridine rings is 1. The van der Waals surface area contributed by atoms with E-state index in [9.17, 15) is 9.18 Å². The van der Waals surface area contributed by atoms with Crippen LogP contribution >= 0.6 is 0 Å². The first-order valence-electron chi connectivity index (χ1n) is 10.4. The molecule has 10 heteroatoms. The molecule has 2 saturated carbocycles. The number of nitrogens with two attached hydrogens (primary N) is 1. The number of halogens is 1. The van der Waals surface area contributed by atoms with Gasteiger partial charge in [0, 0.05) is 7.05 Å². The zero-order chi connectivity index (χ0) is 21.3. The van der Waals surface area contributed by atoms with Gasteiger partial charge in [0.05, 0.1) is 24.9 Å². The van der Waals surface area contributed by atoms with Gasteiger partial charge in [0.2, 0.25) is 5.82 Å². The minimum atomic E-state index is -0.552. The van der Waals surface area contributed by atoms with Crippen LogP contribution in [0, 0.1) is 5.82 Å². The topological polar surface area (TPSA) is 114 Å². The van der Waals surface area contributed by atoms with Gasteiger partial charge in [-0.25, -0.2) is 9.78 Å². The van der Waals surface area contributed by atoms with Gasteiger partial charge in [-0.05, 0) is 45.4 Å². The van der Waals surface area contributed by atoms with Crippen LogP contribution in [0.4, 0.5) is 9.18 Å². The van der Waals surface area contributed by atoms with Gasteiger partial charge >= 0.3 is 6.03 Å². The highest BCUT2D eigenvalue weighted by atomic mass is 19.1. The van der Waals surface area contributed by atoms with Gasteiger partial charge in [-0.1, -0.05) is 0 Å². The van der Waals surface area contributed by atoms with Crippen molar-refractivity contribution in [1.29, 1.82) is 0 Å². The Hall–Kier alpha value is -2.62. The van der Waals surface area contributed by atoms with Crippen LogP contribution in [0.1, 0.15) is 45.4 Å². The Kier molecular flexibility index (Phi) is 5.94. The third kappa shape index (κ3) is 4.75. The molecular formula is C20H28FN5O4. The summed E-state index contributed by atoms with van der Waals surface area (Å²) in [5, 5.41) is 2.60. The fourth-order valence-corrected chi connectivity index (χ4v) is 3.69. The van der Waals surface area contributed by atoms with E-state index in [1.165, 1.54) is 6.20 Å². The van der Waals surface area contributed by atoms with E-state index in [1.807, 2.05) is 6.92 Å². The second kappa shape index (κ2) is 8.63. The molecular weight excluding hydrogens is 393 g/mol. The largest absolute Gasteiger partial charge is 0.472 e. The highest BCUT2D eigenvalue weighted by Gasteiger charge is 2.28. The van der Waals surface area contributed by atoms with Crippen molar-refractivity contribution in [3.63, 3.8) is 0 Å². The lowest BCUT2D eigenvalue weighted by Gasteiger charge is -2.29. The van der Waals surface area contributed by atoms with E-state index < -0.39 is 11.8 Å². The highest BCUT2D eigenvalue weighted by Crippen LogP contribution is 2.32. The molecule has 2 fully saturated rings. The molecule has 2 heterocycles. The number of urea groups is 1. The molecule has 0 bridgehead atoms. The molecule has 30 heavy (non-hydrogen) atoms. The number of carbonyl (C=O) groups excluding carboxylic acids is 1. The van der Waals surface area contributed by atoms with Gasteiger partial charge in [-0.2, -0.15) is 9.37 Å². The first-order valence-corrected chi connectivity index (χ1v) is 10.4. The number of hydrogen-bond acceptors (Lipinski definition) is 6. The minimum absolute atomic E-state index is 0.0141. The molecule has 3 N–H and O–H groups in total. The number of fused-ring (bicyclic) bond motifs is 1. The SMILES string of the molecule is C[C@@H](CO[C@H]1CC[C@H](Oc2nc3cnc(OC4CC4)c(F)c3n2C)CC1)NC(N)=O. The van der Waals surface area contributed by atoms with Crippen molar-refractivity contribution in [2.24, 2.45) is 12.8 Å². The van der Waals surface area contributed by atoms with Crippen molar-refractivity contribution in [1.82, 2.24) is 19.9 Å². The lowest BCUT2D eigenvalue weighted by Crippen LogP contribution is -2.40. The molecule has 0 radical (unpaired) electrons. The predicted molar refractivity (Wildman–Crippen MR) is 107 cm³/mol. The summed E-state index contributed by atoms with van der Waals surface area (Å²) >= 11 is 0. The smallest absolute Gasteiger partial charge is 0.312 e. The molecule has 0 aliphatic heterocycles. The molecule has 2 aromatic heterocycles. The number of carbonyl (C=O) groups is 1. The molecule has 0 unspecified atom stereocenters. The van der Waals surface area contributed by atoms with Crippen LogP contribution in [0.5, 0.6) is 11.9 Å². The van der Waals surface area contributed by atoms with Gasteiger partial charge in [-0.3, -0.25) is 4.57 Å². The summed E-state index contributed by atoms with van der Waals surface area (Å²) in [7, 11) is 1.73. The minimum Gasteiger partial charge on any atom is -0.472 e. The van der Waals surface area contributed by atoms with Crippen molar-refractivity contribution in [3.8, 4) is 11.9 Å². The molecule has 0 spiro atoms. The zero-order valence-corrected chi connectivity index (χ0v) is 17.3. The Bertz CT molecular complexity index is 908. The van der Waals surface area contributed by atoms with E-state index in [0.717, 1.165) is 38.5 Å². The second-order valence-electron chi connectivity index (χ2n) is 8.14. The Labute approximate surface area is 174 Å². The number of rotatable bonds is 8. The summed E-state index contributed by atoms with van der Waals surface area (Å²) in [5.74, 6) is -0.475. The van der Waals surface area contributed by atoms with Gasteiger partial charge in [0.25, 0.3) is 11.9 Å². The van der Waals surface area contributed by atoms with E-state index in [-0.39, 0.29) is 30.2 Å². The third-order valence-corrected chi connectivity index (χ3v) is 5.45. The fourth-order valence-electron chi connectivity index (χ4n) is 3.69. The number of ether oxygens (including phenoxy) is 3. The highest BCUT2D eigenvalue weighted by molar-refractivity contribution is 5.77. The third-order valence-electron chi connectivity index (χ3n) is 5.45. The Morgan fingerprint density at radius 1 is 1.23 bits per heavy atom. The normalized spacial score (nSPS) is 22.6. The quantitative estimate of drug-likeness (QED) is 0.677. The van der Waals surface area contributed by atoms with Gasteiger partial charge in [0.1, 0.15) is 23.2 Å². The number of aromatic nitrogens is 3. The predicted octanol–water partition coefficient (Wildman–Crippen LogP) is 2.41. The number of nitrogens with one attached hydrogen (secondary N) is 1. The van der Waals surface area contributed by atoms with Crippen molar-refractivity contribution in [3.05, 3.63) is 12.0 Å². The van der Waals surface area contributed by atoms with Crippen LogP contribution in [-0.2, 0) is 11.8 Å². The van der Waals surface area contributed by atoms with Crippen molar-refractivity contribution in [2.45, 2.75) is 69.8 Å². The Morgan fingerprint density at radius 3 is 2.53 bits per heavy atom. The maximum absolute atomic E-state index is 14.8. The molecule has 9 nitrogen and oxygen atoms in total. The first-order chi connectivity index (χ1) is 14.4. The number of primary amides is 1. The van der Waals surface area contributed by atoms with Crippen LogP contribution in [0.3, 0.4) is 0 Å². The van der Waals surface area contributed by atoms with Crippen LogP contribution in [0.2, 0.25) is 0 Å². The lowest BCUT2D eigenvalue weighted by molar-refractivity contribution is -0.00550. The summed E-state index contributed by atoms with van der Waals surface area (Å²) in [6.07, 6.45) is 6.86. The van der Waals surface area contributed by atoms with E-state index in [4.69, 9.17) is 19.9 Å². The summed E-state index contributed by atoms with van der Waals surface area (Å²) in [6, 6.07) is -0.310. The number of imidazole rings is 1. The Balaban J connectivity index is 1.33. The summed E-state index contributed by atoms with van der Waals surface area (Å²) < 4.78 is 33.9. The van der Waals surface area contributed by atoms with Crippen molar-refractivity contribution in [2.75, 3.05) is 6.61 Å². The molecule has 4 rings (SSSR count). The molecule has 1 atom stereocenters. The van der Waals surface area contributed by atoms with Crippen LogP contribution in [-0.4, -0.2) is 51.5 Å². The molecule has 164 valence electrons. The second-order valence-corrected chi connectivity index (χ2v) is 8.14. The number of aryl methyl sites for hydroxylation is 1. The maximum Gasteiger partial charge on any atom is 0.312 e. The fraction of sp³-hybridized carbons (Fsp3) is 0.650. The van der Waals surface area contributed by atoms with Crippen molar-refractivity contribution >= 4 is 17.1 Å². The van der Waals surface area contributed by atoms with Crippen LogP contribution in [0.15, 0.2) is 6.20 Å². The number of hydrogen-bond donors (Lipinski definition) is 2. The standard InChI is InChI=1S/C20H28FN5O4/c1-11(24-19(22)27)10-28-12-3-5-14(6-4-12)30-20-25-15-9-23-18(29-13-7-8-13)16(21)17(15)26(20)2/h9,11-14H,3-8,10H2,1-2H3,(H3,22,24,27)/t11-,12-,14-/m0/s1. The number of amides is 2. The van der Waals surface area contributed by atoms with E-state index in [1.54, 1.807) is 11.6 Å². The van der Waals surface area contributed by atoms with Gasteiger partial charge < -0.3 is 25.3 Å². The molecule has 2 aromatic rings.